The molecule has 0 aliphatic carbocycles. The Morgan fingerprint density at radius 3 is 2.83 bits per heavy atom. The van der Waals surface area contributed by atoms with Crippen LogP contribution in [0.4, 0.5) is 0 Å². The van der Waals surface area contributed by atoms with Gasteiger partial charge in [0.1, 0.15) is 0 Å². The maximum absolute atomic E-state index is 11.5. The van der Waals surface area contributed by atoms with E-state index in [4.69, 9.17) is 5.11 Å². The molecule has 0 bridgehead atoms. The number of pyridine rings is 1. The van der Waals surface area contributed by atoms with Crippen LogP contribution in [0.1, 0.15) is 26.6 Å². The van der Waals surface area contributed by atoms with E-state index < -0.39 is 11.9 Å². The van der Waals surface area contributed by atoms with Crippen molar-refractivity contribution in [3.05, 3.63) is 47.6 Å². The SMILES string of the molecule is O=C(O)c1ccnc(CNC(=O)c2ccno2)c1. The van der Waals surface area contributed by atoms with Gasteiger partial charge in [0.25, 0.3) is 5.91 Å². The van der Waals surface area contributed by atoms with Crippen molar-refractivity contribution in [1.82, 2.24) is 15.5 Å². The molecule has 0 saturated carbocycles. The highest BCUT2D eigenvalue weighted by Gasteiger charge is 2.10. The van der Waals surface area contributed by atoms with Gasteiger partial charge in [-0.05, 0) is 12.1 Å². The van der Waals surface area contributed by atoms with E-state index in [0.717, 1.165) is 0 Å². The number of hydrogen-bond acceptors (Lipinski definition) is 5. The van der Waals surface area contributed by atoms with Crippen LogP contribution in [-0.2, 0) is 6.54 Å². The second-order valence-corrected chi connectivity index (χ2v) is 3.40. The van der Waals surface area contributed by atoms with Gasteiger partial charge < -0.3 is 14.9 Å². The molecule has 2 aromatic heterocycles. The molecule has 7 nitrogen and oxygen atoms in total. The Morgan fingerprint density at radius 1 is 1.33 bits per heavy atom. The van der Waals surface area contributed by atoms with Crippen molar-refractivity contribution < 1.29 is 19.2 Å². The maximum Gasteiger partial charge on any atom is 0.335 e. The molecule has 2 rings (SSSR count). The van der Waals surface area contributed by atoms with Crippen LogP contribution >= 0.6 is 0 Å². The van der Waals surface area contributed by atoms with Crippen LogP contribution < -0.4 is 5.32 Å². The van der Waals surface area contributed by atoms with Gasteiger partial charge in [0.05, 0.1) is 24.0 Å². The minimum Gasteiger partial charge on any atom is -0.478 e. The van der Waals surface area contributed by atoms with E-state index in [1.807, 2.05) is 0 Å². The highest BCUT2D eigenvalue weighted by atomic mass is 16.5. The Labute approximate surface area is 101 Å². The third kappa shape index (κ3) is 2.70. The van der Waals surface area contributed by atoms with Gasteiger partial charge in [-0.3, -0.25) is 9.78 Å². The number of carboxylic acid groups (broad SMARTS) is 1. The summed E-state index contributed by atoms with van der Waals surface area (Å²) >= 11 is 0. The minimum atomic E-state index is -1.04. The van der Waals surface area contributed by atoms with Crippen LogP contribution in [0.25, 0.3) is 0 Å². The summed E-state index contributed by atoms with van der Waals surface area (Å²) in [6.45, 7) is 0.112. The van der Waals surface area contributed by atoms with Crippen LogP contribution in [0.3, 0.4) is 0 Å². The summed E-state index contributed by atoms with van der Waals surface area (Å²) in [4.78, 5) is 26.2. The van der Waals surface area contributed by atoms with E-state index >= 15 is 0 Å². The minimum absolute atomic E-state index is 0.0874. The zero-order valence-corrected chi connectivity index (χ0v) is 9.16. The lowest BCUT2D eigenvalue weighted by molar-refractivity contribution is 0.0696. The van der Waals surface area contributed by atoms with E-state index in [-0.39, 0.29) is 17.9 Å². The van der Waals surface area contributed by atoms with Gasteiger partial charge in [0.2, 0.25) is 5.76 Å². The van der Waals surface area contributed by atoms with E-state index in [2.05, 4.69) is 20.0 Å². The fourth-order valence-corrected chi connectivity index (χ4v) is 1.30. The van der Waals surface area contributed by atoms with Gasteiger partial charge in [0, 0.05) is 12.3 Å². The number of nitrogens with zero attached hydrogens (tertiary/aromatic N) is 2. The van der Waals surface area contributed by atoms with Crippen molar-refractivity contribution >= 4 is 11.9 Å². The number of carbonyl (C=O) groups is 2. The number of nitrogens with one attached hydrogen (secondary N) is 1. The van der Waals surface area contributed by atoms with Crippen LogP contribution in [0.5, 0.6) is 0 Å². The molecule has 2 N–H and O–H groups in total. The van der Waals surface area contributed by atoms with Gasteiger partial charge in [-0.2, -0.15) is 0 Å². The van der Waals surface area contributed by atoms with Gasteiger partial charge in [-0.25, -0.2) is 4.79 Å². The molecule has 0 atom stereocenters. The first kappa shape index (κ1) is 11.8. The third-order valence-electron chi connectivity index (χ3n) is 2.16. The van der Waals surface area contributed by atoms with E-state index in [9.17, 15) is 9.59 Å². The number of carbonyl (C=O) groups excluding carboxylic acids is 1. The average molecular weight is 247 g/mol. The topological polar surface area (TPSA) is 105 Å². The summed E-state index contributed by atoms with van der Waals surface area (Å²) < 4.78 is 4.67. The molecule has 92 valence electrons. The number of aromatic carboxylic acids is 1. The molecule has 18 heavy (non-hydrogen) atoms. The molecule has 0 unspecified atom stereocenters. The number of carboxylic acids is 1. The lowest BCUT2D eigenvalue weighted by atomic mass is 10.2. The van der Waals surface area contributed by atoms with Gasteiger partial charge in [-0.15, -0.1) is 0 Å². The predicted molar refractivity (Wildman–Crippen MR) is 58.9 cm³/mol. The zero-order chi connectivity index (χ0) is 13.0. The first-order chi connectivity index (χ1) is 8.66. The van der Waals surface area contributed by atoms with E-state index in [1.54, 1.807) is 0 Å². The second-order valence-electron chi connectivity index (χ2n) is 3.40. The van der Waals surface area contributed by atoms with Crippen LogP contribution in [0, 0.1) is 0 Å². The highest BCUT2D eigenvalue weighted by molar-refractivity contribution is 5.91. The van der Waals surface area contributed by atoms with E-state index in [0.29, 0.717) is 5.69 Å². The molecule has 0 aliphatic rings. The largest absolute Gasteiger partial charge is 0.478 e. The zero-order valence-electron chi connectivity index (χ0n) is 9.16. The highest BCUT2D eigenvalue weighted by Crippen LogP contribution is 2.02. The first-order valence-corrected chi connectivity index (χ1v) is 5.04. The molecule has 0 saturated heterocycles. The Kier molecular flexibility index (Phi) is 3.33. The Balaban J connectivity index is 2.00. The molecular weight excluding hydrogens is 238 g/mol. The molecule has 1 amide bonds. The first-order valence-electron chi connectivity index (χ1n) is 5.04. The van der Waals surface area contributed by atoms with Crippen LogP contribution in [-0.4, -0.2) is 27.1 Å². The van der Waals surface area contributed by atoms with Crippen molar-refractivity contribution in [1.29, 1.82) is 0 Å². The third-order valence-corrected chi connectivity index (χ3v) is 2.16. The molecule has 0 spiro atoms. The molecular formula is C11H9N3O4. The second kappa shape index (κ2) is 5.09. The normalized spacial score (nSPS) is 10.0. The lowest BCUT2D eigenvalue weighted by Gasteiger charge is -2.03. The van der Waals surface area contributed by atoms with Crippen molar-refractivity contribution in [2.45, 2.75) is 6.54 Å². The summed E-state index contributed by atoms with van der Waals surface area (Å²) in [6, 6.07) is 4.20. The monoisotopic (exact) mass is 247 g/mol. The van der Waals surface area contributed by atoms with Gasteiger partial charge in [0.15, 0.2) is 0 Å². The molecule has 2 aromatic rings. The summed E-state index contributed by atoms with van der Waals surface area (Å²) in [5.41, 5.74) is 0.566. The van der Waals surface area contributed by atoms with Crippen LogP contribution in [0.2, 0.25) is 0 Å². The van der Waals surface area contributed by atoms with Crippen molar-refractivity contribution in [3.8, 4) is 0 Å². The Hall–Kier alpha value is -2.70. The lowest BCUT2D eigenvalue weighted by Crippen LogP contribution is -2.23. The number of amides is 1. The molecule has 0 aromatic carbocycles. The van der Waals surface area contributed by atoms with Crippen molar-refractivity contribution in [2.75, 3.05) is 0 Å². The number of aromatic nitrogens is 2. The van der Waals surface area contributed by atoms with Gasteiger partial charge >= 0.3 is 5.97 Å². The Morgan fingerprint density at radius 2 is 2.17 bits per heavy atom. The Bertz CT molecular complexity index is 565. The molecule has 0 radical (unpaired) electrons. The quantitative estimate of drug-likeness (QED) is 0.823. The molecule has 0 aliphatic heterocycles. The smallest absolute Gasteiger partial charge is 0.335 e. The summed E-state index contributed by atoms with van der Waals surface area (Å²) in [7, 11) is 0. The summed E-state index contributed by atoms with van der Waals surface area (Å²) in [6.07, 6.45) is 2.73. The number of rotatable bonds is 4. The molecule has 7 heteroatoms. The van der Waals surface area contributed by atoms with E-state index in [1.165, 1.54) is 30.6 Å². The fraction of sp³-hybridized carbons (Fsp3) is 0.0909. The molecule has 2 heterocycles. The van der Waals surface area contributed by atoms with Crippen molar-refractivity contribution in [3.63, 3.8) is 0 Å². The maximum atomic E-state index is 11.5. The average Bonchev–Trinajstić information content (AvgIpc) is 2.90. The van der Waals surface area contributed by atoms with Crippen LogP contribution in [0.15, 0.2) is 35.1 Å². The number of hydrogen-bond donors (Lipinski definition) is 2. The predicted octanol–water partition coefficient (Wildman–Crippen LogP) is 0.698. The standard InChI is InChI=1S/C11H9N3O4/c15-10(9-2-4-14-18-9)13-6-8-5-7(11(16)17)1-3-12-8/h1-5H,6H2,(H,13,15)(H,16,17). The van der Waals surface area contributed by atoms with Crippen molar-refractivity contribution in [2.24, 2.45) is 0 Å². The van der Waals surface area contributed by atoms with Gasteiger partial charge in [-0.1, -0.05) is 5.16 Å². The fourth-order valence-electron chi connectivity index (χ4n) is 1.30. The molecule has 0 fully saturated rings. The summed E-state index contributed by atoms with van der Waals surface area (Å²) in [5.74, 6) is -1.39. The summed E-state index contributed by atoms with van der Waals surface area (Å²) in [5, 5.41) is 14.7.